The molecule has 1 atom stereocenters. The number of hydrogen-bond donors (Lipinski definition) is 1. The van der Waals surface area contributed by atoms with E-state index >= 15 is 0 Å². The second-order valence-electron chi connectivity index (χ2n) is 8.60. The largest absolute Gasteiger partial charge is 0.457 e. The number of ether oxygens (including phenoxy) is 1. The van der Waals surface area contributed by atoms with Crippen LogP contribution in [0, 0.1) is 12.7 Å². The molecule has 0 aliphatic heterocycles. The van der Waals surface area contributed by atoms with Gasteiger partial charge in [0.15, 0.2) is 0 Å². The van der Waals surface area contributed by atoms with Gasteiger partial charge in [-0.3, -0.25) is 9.78 Å². The van der Waals surface area contributed by atoms with Crippen molar-refractivity contribution < 1.29 is 18.4 Å². The van der Waals surface area contributed by atoms with Gasteiger partial charge in [-0.05, 0) is 80.9 Å². The van der Waals surface area contributed by atoms with E-state index in [1.807, 2.05) is 43.3 Å². The Hall–Kier alpha value is -3.25. The van der Waals surface area contributed by atoms with Gasteiger partial charge in [-0.15, -0.1) is 0 Å². The molecule has 1 unspecified atom stereocenters. The van der Waals surface area contributed by atoms with E-state index < -0.39 is 0 Å². The first-order valence-electron chi connectivity index (χ1n) is 11.5. The lowest BCUT2D eigenvalue weighted by Gasteiger charge is -2.33. The number of hydrogen-bond acceptors (Lipinski definition) is 3. The van der Waals surface area contributed by atoms with Crippen molar-refractivity contribution in [3.8, 4) is 22.8 Å². The maximum absolute atomic E-state index is 13.1. The molecule has 0 saturated heterocycles. The number of halogens is 1. The lowest BCUT2D eigenvalue weighted by Crippen LogP contribution is -2.49. The van der Waals surface area contributed by atoms with E-state index in [1.54, 1.807) is 12.1 Å². The maximum atomic E-state index is 13.1. The summed E-state index contributed by atoms with van der Waals surface area (Å²) in [6.45, 7) is 9.95. The zero-order chi connectivity index (χ0) is 23.8. The number of amides is 1. The summed E-state index contributed by atoms with van der Waals surface area (Å²) in [6.07, 6.45) is 1.12. The summed E-state index contributed by atoms with van der Waals surface area (Å²) in [7, 11) is 2.23. The molecular weight excluding hydrogens is 417 g/mol. The highest BCUT2D eigenvalue weighted by Crippen LogP contribution is 2.26. The molecule has 174 valence electrons. The molecule has 0 saturated carbocycles. The second kappa shape index (κ2) is 11.1. The second-order valence-corrected chi connectivity index (χ2v) is 8.60. The fraction of sp³-hybridized carbons (Fsp3) is 0.333. The lowest BCUT2D eigenvalue weighted by molar-refractivity contribution is -0.906. The van der Waals surface area contributed by atoms with Crippen LogP contribution in [0.4, 0.5) is 4.39 Å². The number of benzene rings is 2. The van der Waals surface area contributed by atoms with Crippen LogP contribution >= 0.6 is 0 Å². The fourth-order valence-electron chi connectivity index (χ4n) is 3.79. The normalized spacial score (nSPS) is 12.8. The number of nitrogens with zero attached hydrogens (tertiary/aromatic N) is 2. The van der Waals surface area contributed by atoms with Crippen molar-refractivity contribution in [2.24, 2.45) is 0 Å². The molecule has 1 amide bonds. The van der Waals surface area contributed by atoms with Crippen molar-refractivity contribution in [2.45, 2.75) is 27.2 Å². The van der Waals surface area contributed by atoms with Crippen LogP contribution in [0.5, 0.6) is 11.5 Å². The Labute approximate surface area is 195 Å². The first kappa shape index (κ1) is 24.4. The standard InChI is InChI=1S/C27H32FN3O2/c1-5-16-31(4,6-2)17-15-29-27(32)22-18-20(3)30-26(19-22)21-7-11-24(12-8-21)33-25-13-9-23(28)10-14-25/h7-14,18-19H,5-6,15-17H2,1-4H3/p+1. The van der Waals surface area contributed by atoms with E-state index in [1.165, 1.54) is 12.1 Å². The van der Waals surface area contributed by atoms with Crippen molar-refractivity contribution in [1.82, 2.24) is 10.3 Å². The van der Waals surface area contributed by atoms with E-state index in [4.69, 9.17) is 4.74 Å². The number of rotatable bonds is 10. The molecule has 1 N–H and O–H groups in total. The van der Waals surface area contributed by atoms with Gasteiger partial charge in [0, 0.05) is 16.8 Å². The van der Waals surface area contributed by atoms with Gasteiger partial charge < -0.3 is 14.5 Å². The van der Waals surface area contributed by atoms with E-state index in [-0.39, 0.29) is 11.7 Å². The zero-order valence-corrected chi connectivity index (χ0v) is 19.9. The quantitative estimate of drug-likeness (QED) is 0.410. The van der Waals surface area contributed by atoms with Crippen LogP contribution in [0.3, 0.4) is 0 Å². The minimum Gasteiger partial charge on any atom is -0.457 e. The Balaban J connectivity index is 1.67. The number of carbonyl (C=O) groups excluding carboxylic acids is 1. The van der Waals surface area contributed by atoms with Crippen LogP contribution in [0.15, 0.2) is 60.7 Å². The topological polar surface area (TPSA) is 51.2 Å². The predicted octanol–water partition coefficient (Wildman–Crippen LogP) is 5.59. The third-order valence-corrected chi connectivity index (χ3v) is 5.88. The average molecular weight is 451 g/mol. The van der Waals surface area contributed by atoms with Crippen molar-refractivity contribution in [3.05, 3.63) is 77.7 Å². The minimum atomic E-state index is -0.303. The van der Waals surface area contributed by atoms with Gasteiger partial charge >= 0.3 is 0 Å². The Kier molecular flexibility index (Phi) is 8.17. The highest BCUT2D eigenvalue weighted by atomic mass is 19.1. The van der Waals surface area contributed by atoms with Crippen LogP contribution in [0.1, 0.15) is 36.3 Å². The molecule has 0 aliphatic carbocycles. The average Bonchev–Trinajstić information content (AvgIpc) is 2.81. The molecule has 2 aromatic carbocycles. The predicted molar refractivity (Wildman–Crippen MR) is 130 cm³/mol. The Bertz CT molecular complexity index is 1070. The summed E-state index contributed by atoms with van der Waals surface area (Å²) >= 11 is 0. The molecule has 0 aliphatic rings. The molecule has 0 fully saturated rings. The number of nitrogens with one attached hydrogen (secondary N) is 1. The molecule has 6 heteroatoms. The van der Waals surface area contributed by atoms with Crippen molar-refractivity contribution in [1.29, 1.82) is 0 Å². The van der Waals surface area contributed by atoms with Gasteiger partial charge in [0.25, 0.3) is 5.91 Å². The van der Waals surface area contributed by atoms with Gasteiger partial charge in [-0.25, -0.2) is 4.39 Å². The molecule has 3 rings (SSSR count). The van der Waals surface area contributed by atoms with Gasteiger partial charge in [-0.1, -0.05) is 6.92 Å². The number of carbonyl (C=O) groups is 1. The fourth-order valence-corrected chi connectivity index (χ4v) is 3.79. The minimum absolute atomic E-state index is 0.0860. The molecule has 1 heterocycles. The molecule has 1 aromatic heterocycles. The summed E-state index contributed by atoms with van der Waals surface area (Å²) < 4.78 is 19.8. The van der Waals surface area contributed by atoms with Gasteiger partial charge in [0.2, 0.25) is 0 Å². The highest BCUT2D eigenvalue weighted by molar-refractivity contribution is 5.95. The molecular formula is C27H33FN3O2+. The third-order valence-electron chi connectivity index (χ3n) is 5.88. The molecule has 3 aromatic rings. The van der Waals surface area contributed by atoms with Crippen molar-refractivity contribution in [2.75, 3.05) is 33.2 Å². The van der Waals surface area contributed by atoms with Crippen LogP contribution in [-0.4, -0.2) is 48.6 Å². The monoisotopic (exact) mass is 450 g/mol. The number of aryl methyl sites for hydroxylation is 1. The van der Waals surface area contributed by atoms with Gasteiger partial charge in [0.1, 0.15) is 17.3 Å². The first-order valence-corrected chi connectivity index (χ1v) is 11.5. The van der Waals surface area contributed by atoms with E-state index in [9.17, 15) is 9.18 Å². The molecule has 33 heavy (non-hydrogen) atoms. The number of likely N-dealkylation sites (N-methyl/N-ethyl adjacent to an activating group) is 1. The Morgan fingerprint density at radius 3 is 2.24 bits per heavy atom. The van der Waals surface area contributed by atoms with E-state index in [0.29, 0.717) is 23.6 Å². The molecule has 0 bridgehead atoms. The smallest absolute Gasteiger partial charge is 0.251 e. The SMILES string of the molecule is CCC[N+](C)(CC)CCNC(=O)c1cc(C)nc(-c2ccc(Oc3ccc(F)cc3)cc2)c1. The Morgan fingerprint density at radius 2 is 1.64 bits per heavy atom. The third kappa shape index (κ3) is 6.86. The van der Waals surface area contributed by atoms with Gasteiger partial charge in [-0.2, -0.15) is 0 Å². The molecule has 5 nitrogen and oxygen atoms in total. The van der Waals surface area contributed by atoms with Crippen LogP contribution in [-0.2, 0) is 0 Å². The summed E-state index contributed by atoms with van der Waals surface area (Å²) in [5.41, 5.74) is 3.00. The highest BCUT2D eigenvalue weighted by Gasteiger charge is 2.18. The van der Waals surface area contributed by atoms with Crippen molar-refractivity contribution in [3.63, 3.8) is 0 Å². The van der Waals surface area contributed by atoms with Crippen LogP contribution in [0.25, 0.3) is 11.3 Å². The lowest BCUT2D eigenvalue weighted by atomic mass is 10.1. The Morgan fingerprint density at radius 1 is 1.00 bits per heavy atom. The zero-order valence-electron chi connectivity index (χ0n) is 19.9. The molecule has 0 spiro atoms. The van der Waals surface area contributed by atoms with Crippen molar-refractivity contribution >= 4 is 5.91 Å². The summed E-state index contributed by atoms with van der Waals surface area (Å²) in [5, 5.41) is 3.06. The molecule has 0 radical (unpaired) electrons. The number of aromatic nitrogens is 1. The maximum Gasteiger partial charge on any atom is 0.251 e. The van der Waals surface area contributed by atoms with Gasteiger partial charge in [0.05, 0.1) is 38.9 Å². The first-order chi connectivity index (χ1) is 15.8. The summed E-state index contributed by atoms with van der Waals surface area (Å²) in [6, 6.07) is 17.0. The number of pyridine rings is 1. The van der Waals surface area contributed by atoms with E-state index in [0.717, 1.165) is 47.5 Å². The van der Waals surface area contributed by atoms with Crippen LogP contribution in [0.2, 0.25) is 0 Å². The summed E-state index contributed by atoms with van der Waals surface area (Å²) in [5.74, 6) is 0.813. The summed E-state index contributed by atoms with van der Waals surface area (Å²) in [4.78, 5) is 17.4. The number of quaternary nitrogens is 1. The van der Waals surface area contributed by atoms with Crippen LogP contribution < -0.4 is 10.1 Å². The van der Waals surface area contributed by atoms with E-state index in [2.05, 4.69) is 31.2 Å².